The van der Waals surface area contributed by atoms with Crippen LogP contribution in [0.25, 0.3) is 0 Å². The smallest absolute Gasteiger partial charge is 0.151 e. The van der Waals surface area contributed by atoms with Crippen molar-refractivity contribution in [2.75, 3.05) is 18.6 Å². The van der Waals surface area contributed by atoms with E-state index in [9.17, 15) is 8.42 Å². The number of hydrogen-bond donors (Lipinski definition) is 2. The lowest BCUT2D eigenvalue weighted by Gasteiger charge is -2.23. The Kier molecular flexibility index (Phi) is 3.91. The molecule has 1 unspecified atom stereocenters. The Morgan fingerprint density at radius 3 is 2.53 bits per heavy atom. The van der Waals surface area contributed by atoms with Crippen LogP contribution in [0.4, 0.5) is 0 Å². The number of amidine groups is 1. The van der Waals surface area contributed by atoms with Crippen molar-refractivity contribution < 1.29 is 8.42 Å². The molecule has 1 fully saturated rings. The molecule has 6 heteroatoms. The summed E-state index contributed by atoms with van der Waals surface area (Å²) < 4.78 is 22.9. The van der Waals surface area contributed by atoms with Gasteiger partial charge in [0.25, 0.3) is 0 Å². The molecule has 1 aromatic rings. The van der Waals surface area contributed by atoms with Gasteiger partial charge in [-0.3, -0.25) is 10.3 Å². The maximum absolute atomic E-state index is 11.5. The Morgan fingerprint density at radius 1 is 1.42 bits per heavy atom. The van der Waals surface area contributed by atoms with E-state index in [1.165, 1.54) is 0 Å². The molecule has 1 atom stereocenters. The van der Waals surface area contributed by atoms with E-state index in [0.29, 0.717) is 24.3 Å². The second-order valence-corrected chi connectivity index (χ2v) is 7.31. The van der Waals surface area contributed by atoms with Gasteiger partial charge in [0.1, 0.15) is 5.84 Å². The molecular formula is C13H19N3O2S. The number of nitrogens with two attached hydrogens (primary N) is 1. The normalized spacial score (nSPS) is 21.7. The quantitative estimate of drug-likeness (QED) is 0.624. The number of hydrogen-bond acceptors (Lipinski definition) is 4. The van der Waals surface area contributed by atoms with E-state index in [1.807, 2.05) is 31.3 Å². The SMILES string of the molecule is CN(Cc1ccc(C(=N)N)cc1)C1CCS(=O)(=O)C1. The summed E-state index contributed by atoms with van der Waals surface area (Å²) in [6.45, 7) is 0.707. The molecule has 1 aliphatic heterocycles. The average Bonchev–Trinajstić information content (AvgIpc) is 2.70. The number of nitrogen functional groups attached to an aromatic ring is 1. The fraction of sp³-hybridized carbons (Fsp3) is 0.462. The van der Waals surface area contributed by atoms with Crippen LogP contribution < -0.4 is 5.73 Å². The lowest BCUT2D eigenvalue weighted by Crippen LogP contribution is -2.32. The summed E-state index contributed by atoms with van der Waals surface area (Å²) in [5.74, 6) is 0.613. The molecule has 3 N–H and O–H groups in total. The molecule has 1 aliphatic rings. The molecule has 0 saturated carbocycles. The van der Waals surface area contributed by atoms with E-state index in [4.69, 9.17) is 11.1 Å². The largest absolute Gasteiger partial charge is 0.384 e. The Balaban J connectivity index is 1.99. The minimum Gasteiger partial charge on any atom is -0.384 e. The first-order valence-corrected chi connectivity index (χ1v) is 8.03. The van der Waals surface area contributed by atoms with Crippen molar-refractivity contribution >= 4 is 15.7 Å². The van der Waals surface area contributed by atoms with E-state index in [1.54, 1.807) is 0 Å². The van der Waals surface area contributed by atoms with Gasteiger partial charge >= 0.3 is 0 Å². The third kappa shape index (κ3) is 3.54. The Labute approximate surface area is 113 Å². The molecule has 0 bridgehead atoms. The molecule has 104 valence electrons. The van der Waals surface area contributed by atoms with Gasteiger partial charge in [-0.25, -0.2) is 8.42 Å². The number of sulfone groups is 1. The van der Waals surface area contributed by atoms with Gasteiger partial charge in [0.2, 0.25) is 0 Å². The van der Waals surface area contributed by atoms with Gasteiger partial charge in [-0.15, -0.1) is 0 Å². The highest BCUT2D eigenvalue weighted by molar-refractivity contribution is 7.91. The van der Waals surface area contributed by atoms with Crippen molar-refractivity contribution in [3.05, 3.63) is 35.4 Å². The first-order chi connectivity index (χ1) is 8.87. The van der Waals surface area contributed by atoms with Crippen LogP contribution in [-0.4, -0.2) is 43.7 Å². The highest BCUT2D eigenvalue weighted by Crippen LogP contribution is 2.18. The molecule has 1 saturated heterocycles. The monoisotopic (exact) mass is 281 g/mol. The lowest BCUT2D eigenvalue weighted by atomic mass is 10.1. The predicted octanol–water partition coefficient (Wildman–Crippen LogP) is 0.590. The zero-order chi connectivity index (χ0) is 14.0. The fourth-order valence-electron chi connectivity index (χ4n) is 2.33. The van der Waals surface area contributed by atoms with Gasteiger partial charge in [-0.05, 0) is 19.0 Å². The second kappa shape index (κ2) is 5.30. The summed E-state index contributed by atoms with van der Waals surface area (Å²) in [4.78, 5) is 2.08. The van der Waals surface area contributed by atoms with Crippen molar-refractivity contribution in [2.45, 2.75) is 19.0 Å². The summed E-state index contributed by atoms with van der Waals surface area (Å²) in [7, 11) is -0.888. The van der Waals surface area contributed by atoms with Crippen molar-refractivity contribution in [3.8, 4) is 0 Å². The summed E-state index contributed by atoms with van der Waals surface area (Å²) in [6, 6.07) is 7.60. The minimum atomic E-state index is -2.84. The van der Waals surface area contributed by atoms with Gasteiger partial charge in [0.05, 0.1) is 11.5 Å². The van der Waals surface area contributed by atoms with Gasteiger partial charge in [0.15, 0.2) is 9.84 Å². The van der Waals surface area contributed by atoms with E-state index in [0.717, 1.165) is 5.56 Å². The molecule has 19 heavy (non-hydrogen) atoms. The first-order valence-electron chi connectivity index (χ1n) is 6.21. The summed E-state index contributed by atoms with van der Waals surface area (Å²) in [6.07, 6.45) is 0.713. The van der Waals surface area contributed by atoms with Gasteiger partial charge in [0, 0.05) is 18.2 Å². The molecule has 2 rings (SSSR count). The van der Waals surface area contributed by atoms with Crippen LogP contribution in [0.15, 0.2) is 24.3 Å². The first kappa shape index (κ1) is 14.0. The van der Waals surface area contributed by atoms with Crippen LogP contribution in [0.2, 0.25) is 0 Å². The Bertz CT molecular complexity index is 566. The third-order valence-corrected chi connectivity index (χ3v) is 5.28. The maximum atomic E-state index is 11.5. The summed E-state index contributed by atoms with van der Waals surface area (Å²) in [5.41, 5.74) is 7.20. The standard InChI is InChI=1S/C13H19N3O2S/c1-16(12-6-7-19(17,18)9-12)8-10-2-4-11(5-3-10)13(14)15/h2-5,12H,6-9H2,1H3,(H3,14,15). The zero-order valence-electron chi connectivity index (χ0n) is 11.0. The Morgan fingerprint density at radius 2 is 2.05 bits per heavy atom. The van der Waals surface area contributed by atoms with Gasteiger partial charge in [-0.1, -0.05) is 24.3 Å². The van der Waals surface area contributed by atoms with Crippen LogP contribution in [-0.2, 0) is 16.4 Å². The molecule has 1 heterocycles. The van der Waals surface area contributed by atoms with Crippen LogP contribution in [0.1, 0.15) is 17.5 Å². The van der Waals surface area contributed by atoms with Crippen LogP contribution in [0.3, 0.4) is 0 Å². The predicted molar refractivity (Wildman–Crippen MR) is 76.0 cm³/mol. The Hall–Kier alpha value is -1.40. The van der Waals surface area contributed by atoms with Crippen molar-refractivity contribution in [3.63, 3.8) is 0 Å². The summed E-state index contributed by atoms with van der Waals surface area (Å²) >= 11 is 0. The maximum Gasteiger partial charge on any atom is 0.151 e. The molecular weight excluding hydrogens is 262 g/mol. The highest BCUT2D eigenvalue weighted by Gasteiger charge is 2.30. The van der Waals surface area contributed by atoms with Gasteiger partial charge in [-0.2, -0.15) is 0 Å². The molecule has 0 aliphatic carbocycles. The van der Waals surface area contributed by atoms with Crippen molar-refractivity contribution in [1.82, 2.24) is 4.90 Å². The number of rotatable bonds is 4. The summed E-state index contributed by atoms with van der Waals surface area (Å²) in [5, 5.41) is 7.33. The zero-order valence-corrected chi connectivity index (χ0v) is 11.8. The van der Waals surface area contributed by atoms with E-state index < -0.39 is 9.84 Å². The molecule has 0 radical (unpaired) electrons. The van der Waals surface area contributed by atoms with E-state index in [2.05, 4.69) is 4.90 Å². The lowest BCUT2D eigenvalue weighted by molar-refractivity contribution is 0.254. The highest BCUT2D eigenvalue weighted by atomic mass is 32.2. The van der Waals surface area contributed by atoms with Crippen molar-refractivity contribution in [2.24, 2.45) is 5.73 Å². The molecule has 0 amide bonds. The minimum absolute atomic E-state index is 0.0572. The molecule has 1 aromatic carbocycles. The van der Waals surface area contributed by atoms with Crippen LogP contribution in [0, 0.1) is 5.41 Å². The number of nitrogens with one attached hydrogen (secondary N) is 1. The fourth-order valence-corrected chi connectivity index (χ4v) is 4.14. The third-order valence-electron chi connectivity index (χ3n) is 3.53. The molecule has 5 nitrogen and oxygen atoms in total. The van der Waals surface area contributed by atoms with Crippen molar-refractivity contribution in [1.29, 1.82) is 5.41 Å². The topological polar surface area (TPSA) is 87.2 Å². The van der Waals surface area contributed by atoms with Crippen LogP contribution in [0.5, 0.6) is 0 Å². The molecule has 0 spiro atoms. The number of benzene rings is 1. The van der Waals surface area contributed by atoms with Gasteiger partial charge < -0.3 is 5.73 Å². The van der Waals surface area contributed by atoms with E-state index >= 15 is 0 Å². The molecule has 0 aromatic heterocycles. The van der Waals surface area contributed by atoms with Crippen LogP contribution >= 0.6 is 0 Å². The average molecular weight is 281 g/mol. The van der Waals surface area contributed by atoms with E-state index in [-0.39, 0.29) is 17.6 Å². The number of nitrogens with zero attached hydrogens (tertiary/aromatic N) is 1. The second-order valence-electron chi connectivity index (χ2n) is 5.08.